The van der Waals surface area contributed by atoms with Crippen LogP contribution in [-0.2, 0) is 4.79 Å². The first-order valence-corrected chi connectivity index (χ1v) is 7.62. The van der Waals surface area contributed by atoms with Crippen molar-refractivity contribution in [1.82, 2.24) is 5.43 Å². The van der Waals surface area contributed by atoms with E-state index in [0.717, 1.165) is 11.3 Å². The lowest BCUT2D eigenvalue weighted by atomic mass is 10.2. The van der Waals surface area contributed by atoms with Crippen molar-refractivity contribution in [2.45, 2.75) is 6.92 Å². The van der Waals surface area contributed by atoms with E-state index in [2.05, 4.69) is 28.1 Å². The highest BCUT2D eigenvalue weighted by atomic mass is 32.1. The molecule has 0 aliphatic carbocycles. The Morgan fingerprint density at radius 3 is 2.67 bits per heavy atom. The van der Waals surface area contributed by atoms with Crippen molar-refractivity contribution in [3.63, 3.8) is 0 Å². The largest absolute Gasteiger partial charge is 0.483 e. The van der Waals surface area contributed by atoms with Crippen LogP contribution in [0.25, 0.3) is 0 Å². The molecule has 0 bridgehead atoms. The van der Waals surface area contributed by atoms with Gasteiger partial charge in [-0.3, -0.25) is 10.2 Å². The average molecular weight is 342 g/mol. The fraction of sp³-hybridized carbons (Fsp3) is 0.118. The van der Waals surface area contributed by atoms with Gasteiger partial charge in [-0.2, -0.15) is 5.10 Å². The number of benzene rings is 2. The monoisotopic (exact) mass is 342 g/mol. The second-order valence-electron chi connectivity index (χ2n) is 4.97. The number of aryl methyl sites for hydroxylation is 1. The Hall–Kier alpha value is -2.93. The summed E-state index contributed by atoms with van der Waals surface area (Å²) in [6.45, 7) is 1.88. The molecule has 0 spiro atoms. The number of carbonyl (C=O) groups is 1. The molecule has 0 unspecified atom stereocenters. The van der Waals surface area contributed by atoms with Crippen LogP contribution in [0.1, 0.15) is 11.1 Å². The number of nitrogens with two attached hydrogens (primary N) is 1. The number of para-hydroxylation sites is 1. The van der Waals surface area contributed by atoms with Gasteiger partial charge in [-0.05, 0) is 43.4 Å². The molecule has 6 nitrogen and oxygen atoms in total. The summed E-state index contributed by atoms with van der Waals surface area (Å²) >= 11 is 4.67. The molecule has 7 heteroatoms. The van der Waals surface area contributed by atoms with Crippen molar-refractivity contribution in [3.8, 4) is 5.75 Å². The van der Waals surface area contributed by atoms with Gasteiger partial charge in [0.15, 0.2) is 11.7 Å². The van der Waals surface area contributed by atoms with Gasteiger partial charge in [0.25, 0.3) is 5.91 Å². The molecule has 4 N–H and O–H groups in total. The van der Waals surface area contributed by atoms with Crippen molar-refractivity contribution in [2.24, 2.45) is 10.8 Å². The number of anilines is 1. The second kappa shape index (κ2) is 8.64. The first-order chi connectivity index (χ1) is 11.5. The maximum absolute atomic E-state index is 12.0. The van der Waals surface area contributed by atoms with Gasteiger partial charge in [0.2, 0.25) is 0 Å². The van der Waals surface area contributed by atoms with Crippen LogP contribution in [0, 0.1) is 6.92 Å². The van der Waals surface area contributed by atoms with E-state index in [1.54, 1.807) is 12.1 Å². The first-order valence-electron chi connectivity index (χ1n) is 7.21. The SMILES string of the molecule is Cc1ccc(NC(=O)COc2ccccc2/C=N/NC(N)=S)cc1. The predicted octanol–water partition coefficient (Wildman–Crippen LogP) is 2.18. The minimum atomic E-state index is -0.244. The predicted molar refractivity (Wildman–Crippen MR) is 99.3 cm³/mol. The fourth-order valence-electron chi connectivity index (χ4n) is 1.86. The Labute approximate surface area is 145 Å². The van der Waals surface area contributed by atoms with Gasteiger partial charge >= 0.3 is 0 Å². The first kappa shape index (κ1) is 17.4. The number of nitrogens with one attached hydrogen (secondary N) is 2. The number of thiocarbonyl (C=S) groups is 1. The molecule has 0 saturated heterocycles. The Bertz CT molecular complexity index is 745. The van der Waals surface area contributed by atoms with Crippen LogP contribution in [0.3, 0.4) is 0 Å². The van der Waals surface area contributed by atoms with Gasteiger partial charge < -0.3 is 15.8 Å². The topological polar surface area (TPSA) is 88.7 Å². The van der Waals surface area contributed by atoms with Gasteiger partial charge in [0.05, 0.1) is 6.21 Å². The molecule has 1 amide bonds. The average Bonchev–Trinajstić information content (AvgIpc) is 2.56. The molecular weight excluding hydrogens is 324 g/mol. The molecule has 0 aromatic heterocycles. The van der Waals surface area contributed by atoms with Crippen LogP contribution in [-0.4, -0.2) is 23.8 Å². The molecule has 0 aliphatic rings. The molecule has 0 radical (unpaired) electrons. The number of hydrogen-bond acceptors (Lipinski definition) is 4. The highest BCUT2D eigenvalue weighted by molar-refractivity contribution is 7.80. The maximum Gasteiger partial charge on any atom is 0.262 e. The van der Waals surface area contributed by atoms with E-state index in [-0.39, 0.29) is 17.6 Å². The number of hydrogen-bond donors (Lipinski definition) is 3. The Morgan fingerprint density at radius 2 is 1.96 bits per heavy atom. The molecular formula is C17H18N4O2S. The van der Waals surface area contributed by atoms with E-state index >= 15 is 0 Å². The number of carbonyl (C=O) groups excluding carboxylic acids is 1. The highest BCUT2D eigenvalue weighted by Gasteiger charge is 2.06. The van der Waals surface area contributed by atoms with E-state index in [0.29, 0.717) is 11.3 Å². The van der Waals surface area contributed by atoms with Crippen LogP contribution >= 0.6 is 12.2 Å². The summed E-state index contributed by atoms with van der Waals surface area (Å²) in [4.78, 5) is 12.0. The number of ether oxygens (including phenoxy) is 1. The molecule has 124 valence electrons. The molecule has 0 atom stereocenters. The van der Waals surface area contributed by atoms with Gasteiger partial charge in [-0.15, -0.1) is 0 Å². The number of rotatable bonds is 6. The molecule has 0 heterocycles. The zero-order chi connectivity index (χ0) is 17.4. The minimum absolute atomic E-state index is 0.0714. The third-order valence-corrected chi connectivity index (χ3v) is 3.08. The van der Waals surface area contributed by atoms with Crippen LogP contribution in [0.2, 0.25) is 0 Å². The van der Waals surface area contributed by atoms with Gasteiger partial charge in [0, 0.05) is 11.3 Å². The van der Waals surface area contributed by atoms with E-state index in [4.69, 9.17) is 10.5 Å². The van der Waals surface area contributed by atoms with Crippen LogP contribution < -0.4 is 21.2 Å². The fourth-order valence-corrected chi connectivity index (χ4v) is 1.91. The molecule has 2 aromatic rings. The van der Waals surface area contributed by atoms with Crippen molar-refractivity contribution in [2.75, 3.05) is 11.9 Å². The highest BCUT2D eigenvalue weighted by Crippen LogP contribution is 2.16. The summed E-state index contributed by atoms with van der Waals surface area (Å²) in [5.74, 6) is 0.289. The van der Waals surface area contributed by atoms with E-state index < -0.39 is 0 Å². The third kappa shape index (κ3) is 5.69. The minimum Gasteiger partial charge on any atom is -0.483 e. The van der Waals surface area contributed by atoms with Crippen LogP contribution in [0.4, 0.5) is 5.69 Å². The van der Waals surface area contributed by atoms with Crippen molar-refractivity contribution < 1.29 is 9.53 Å². The summed E-state index contributed by atoms with van der Waals surface area (Å²) in [6.07, 6.45) is 1.52. The van der Waals surface area contributed by atoms with Gasteiger partial charge in [-0.1, -0.05) is 29.8 Å². The van der Waals surface area contributed by atoms with Gasteiger partial charge in [-0.25, -0.2) is 0 Å². The summed E-state index contributed by atoms with van der Waals surface area (Å²) in [6, 6.07) is 14.7. The Kier molecular flexibility index (Phi) is 6.27. The summed E-state index contributed by atoms with van der Waals surface area (Å²) < 4.78 is 5.56. The van der Waals surface area contributed by atoms with E-state index in [9.17, 15) is 4.79 Å². The summed E-state index contributed by atoms with van der Waals surface area (Å²) in [7, 11) is 0. The zero-order valence-corrected chi connectivity index (χ0v) is 14.0. The normalized spacial score (nSPS) is 10.4. The van der Waals surface area contributed by atoms with Crippen molar-refractivity contribution in [1.29, 1.82) is 0 Å². The number of nitrogens with zero attached hydrogens (tertiary/aromatic N) is 1. The van der Waals surface area contributed by atoms with Crippen molar-refractivity contribution >= 4 is 35.1 Å². The lowest BCUT2D eigenvalue weighted by Crippen LogP contribution is -2.24. The quantitative estimate of drug-likeness (QED) is 0.425. The zero-order valence-electron chi connectivity index (χ0n) is 13.2. The molecule has 2 rings (SSSR count). The summed E-state index contributed by atoms with van der Waals surface area (Å²) in [5, 5.41) is 6.73. The lowest BCUT2D eigenvalue weighted by molar-refractivity contribution is -0.118. The lowest BCUT2D eigenvalue weighted by Gasteiger charge is -2.09. The maximum atomic E-state index is 12.0. The van der Waals surface area contributed by atoms with Crippen LogP contribution in [0.5, 0.6) is 5.75 Å². The molecule has 0 fully saturated rings. The molecule has 2 aromatic carbocycles. The molecule has 0 aliphatic heterocycles. The van der Waals surface area contributed by atoms with Crippen LogP contribution in [0.15, 0.2) is 53.6 Å². The molecule has 0 saturated carbocycles. The Balaban J connectivity index is 1.93. The Morgan fingerprint density at radius 1 is 1.25 bits per heavy atom. The van der Waals surface area contributed by atoms with Gasteiger partial charge in [0.1, 0.15) is 5.75 Å². The standard InChI is InChI=1S/C17H18N4O2S/c1-12-6-8-14(9-7-12)20-16(22)11-23-15-5-3-2-4-13(15)10-19-21-17(18)24/h2-10H,11H2,1H3,(H,20,22)(H3,18,21,24)/b19-10+. The van der Waals surface area contributed by atoms with E-state index in [1.165, 1.54) is 6.21 Å². The smallest absolute Gasteiger partial charge is 0.262 e. The third-order valence-electron chi connectivity index (χ3n) is 2.99. The number of hydrazone groups is 1. The summed E-state index contributed by atoms with van der Waals surface area (Å²) in [5.41, 5.74) is 10.3. The second-order valence-corrected chi connectivity index (χ2v) is 5.41. The number of amides is 1. The van der Waals surface area contributed by atoms with E-state index in [1.807, 2.05) is 43.3 Å². The molecule has 24 heavy (non-hydrogen) atoms. The van der Waals surface area contributed by atoms with Crippen molar-refractivity contribution in [3.05, 3.63) is 59.7 Å².